The summed E-state index contributed by atoms with van der Waals surface area (Å²) >= 11 is 0. The number of aliphatic imine (C=N–C) groups is 1. The molecule has 0 bridgehead atoms. The Kier molecular flexibility index (Phi) is 5.19. The summed E-state index contributed by atoms with van der Waals surface area (Å²) in [4.78, 5) is 24.8. The average Bonchev–Trinajstić information content (AvgIpc) is 2.55. The lowest BCUT2D eigenvalue weighted by Crippen LogP contribution is -2.11. The van der Waals surface area contributed by atoms with E-state index in [4.69, 9.17) is 9.47 Å². The molecule has 1 heterocycles. The van der Waals surface area contributed by atoms with Crippen LogP contribution in [-0.4, -0.2) is 48.4 Å². The second-order valence-electron chi connectivity index (χ2n) is 4.65. The molecule has 0 unspecified atom stereocenters. The molecule has 1 aromatic heterocycles. The number of methoxy groups -OCH3 is 1. The molecule has 0 spiro atoms. The molecule has 0 saturated carbocycles. The Morgan fingerprint density at radius 1 is 1.30 bits per heavy atom. The Balaban J connectivity index is 2.15. The molecule has 1 aromatic carbocycles. The van der Waals surface area contributed by atoms with E-state index in [-0.39, 0.29) is 17.4 Å². The minimum Gasteiger partial charge on any atom is -0.497 e. The van der Waals surface area contributed by atoms with E-state index in [1.165, 1.54) is 25.6 Å². The zero-order chi connectivity index (χ0) is 16.8. The van der Waals surface area contributed by atoms with Crippen molar-refractivity contribution in [3.05, 3.63) is 41.8 Å². The van der Waals surface area contributed by atoms with Gasteiger partial charge in [-0.05, 0) is 24.3 Å². The van der Waals surface area contributed by atoms with Crippen LogP contribution >= 0.6 is 0 Å². The van der Waals surface area contributed by atoms with Crippen molar-refractivity contribution in [2.75, 3.05) is 21.2 Å². The molecule has 2 aromatic rings. The van der Waals surface area contributed by atoms with E-state index in [9.17, 15) is 9.18 Å². The second kappa shape index (κ2) is 7.30. The van der Waals surface area contributed by atoms with Crippen molar-refractivity contribution in [2.24, 2.45) is 4.99 Å². The van der Waals surface area contributed by atoms with Gasteiger partial charge in [-0.3, -0.25) is 0 Å². The summed E-state index contributed by atoms with van der Waals surface area (Å²) < 4.78 is 23.6. The lowest BCUT2D eigenvalue weighted by Gasteiger charge is -2.05. The molecule has 2 rings (SSSR count). The molecule has 0 fully saturated rings. The van der Waals surface area contributed by atoms with Gasteiger partial charge in [0, 0.05) is 14.1 Å². The van der Waals surface area contributed by atoms with Crippen LogP contribution in [0.2, 0.25) is 0 Å². The van der Waals surface area contributed by atoms with E-state index >= 15 is 0 Å². The fourth-order valence-electron chi connectivity index (χ4n) is 1.52. The molecule has 0 atom stereocenters. The standard InChI is InChI=1S/C15H15FN4O3/c1-20(2)9-18-13-12(16)8-17-15(19-13)23-14(21)10-4-6-11(22-3)7-5-10/h4-9H,1-3H3. The largest absolute Gasteiger partial charge is 0.497 e. The van der Waals surface area contributed by atoms with Crippen LogP contribution in [0.15, 0.2) is 35.5 Å². The Morgan fingerprint density at radius 2 is 2.00 bits per heavy atom. The topological polar surface area (TPSA) is 76.9 Å². The summed E-state index contributed by atoms with van der Waals surface area (Å²) in [6.45, 7) is 0. The summed E-state index contributed by atoms with van der Waals surface area (Å²) in [5.41, 5.74) is 0.289. The first-order chi connectivity index (χ1) is 11.0. The summed E-state index contributed by atoms with van der Waals surface area (Å²) in [5, 5.41) is 0. The van der Waals surface area contributed by atoms with E-state index < -0.39 is 11.8 Å². The predicted octanol–water partition coefficient (Wildman–Crippen LogP) is 2.06. The van der Waals surface area contributed by atoms with Crippen LogP contribution in [0.1, 0.15) is 10.4 Å². The van der Waals surface area contributed by atoms with E-state index in [2.05, 4.69) is 15.0 Å². The maximum atomic E-state index is 13.6. The Bertz CT molecular complexity index is 717. The number of carbonyl (C=O) groups excluding carboxylic acids is 1. The predicted molar refractivity (Wildman–Crippen MR) is 81.8 cm³/mol. The van der Waals surface area contributed by atoms with Gasteiger partial charge in [-0.1, -0.05) is 0 Å². The molecule has 120 valence electrons. The number of benzene rings is 1. The molecule has 0 N–H and O–H groups in total. The molecular formula is C15H15FN4O3. The van der Waals surface area contributed by atoms with Crippen molar-refractivity contribution in [1.29, 1.82) is 0 Å². The van der Waals surface area contributed by atoms with Gasteiger partial charge < -0.3 is 14.4 Å². The Labute approximate surface area is 132 Å². The third-order valence-corrected chi connectivity index (χ3v) is 2.62. The molecule has 0 radical (unpaired) electrons. The minimum absolute atomic E-state index is 0.216. The van der Waals surface area contributed by atoms with Gasteiger partial charge in [-0.15, -0.1) is 0 Å². The number of halogens is 1. The molecule has 0 aliphatic rings. The first-order valence-electron chi connectivity index (χ1n) is 6.59. The van der Waals surface area contributed by atoms with Gasteiger partial charge in [-0.25, -0.2) is 19.2 Å². The number of aromatic nitrogens is 2. The van der Waals surface area contributed by atoms with Gasteiger partial charge in [0.2, 0.25) is 0 Å². The molecular weight excluding hydrogens is 303 g/mol. The highest BCUT2D eigenvalue weighted by molar-refractivity contribution is 5.90. The minimum atomic E-state index is -0.715. The van der Waals surface area contributed by atoms with E-state index in [1.54, 1.807) is 31.1 Å². The molecule has 23 heavy (non-hydrogen) atoms. The average molecular weight is 318 g/mol. The normalized spacial score (nSPS) is 10.6. The van der Waals surface area contributed by atoms with Crippen LogP contribution < -0.4 is 9.47 Å². The fraction of sp³-hybridized carbons (Fsp3) is 0.200. The lowest BCUT2D eigenvalue weighted by molar-refractivity contribution is 0.0719. The number of rotatable bonds is 5. The van der Waals surface area contributed by atoms with Crippen molar-refractivity contribution >= 4 is 18.1 Å². The van der Waals surface area contributed by atoms with Crippen molar-refractivity contribution in [3.63, 3.8) is 0 Å². The SMILES string of the molecule is COc1ccc(C(=O)Oc2ncc(F)c(N=CN(C)C)n2)cc1. The molecule has 0 saturated heterocycles. The maximum absolute atomic E-state index is 13.6. The molecule has 0 aliphatic carbocycles. The van der Waals surface area contributed by atoms with Crippen molar-refractivity contribution in [2.45, 2.75) is 0 Å². The van der Waals surface area contributed by atoms with Gasteiger partial charge in [0.25, 0.3) is 0 Å². The monoisotopic (exact) mass is 318 g/mol. The van der Waals surface area contributed by atoms with Crippen LogP contribution in [0.4, 0.5) is 10.2 Å². The van der Waals surface area contributed by atoms with Crippen LogP contribution in [0, 0.1) is 5.82 Å². The lowest BCUT2D eigenvalue weighted by atomic mass is 10.2. The number of esters is 1. The summed E-state index contributed by atoms with van der Waals surface area (Å²) in [6, 6.07) is 6.04. The van der Waals surface area contributed by atoms with Crippen molar-refractivity contribution < 1.29 is 18.7 Å². The van der Waals surface area contributed by atoms with Crippen LogP contribution in [0.3, 0.4) is 0 Å². The van der Waals surface area contributed by atoms with Gasteiger partial charge >= 0.3 is 12.0 Å². The number of hydrogen-bond acceptors (Lipinski definition) is 6. The third kappa shape index (κ3) is 4.47. The highest BCUT2D eigenvalue weighted by atomic mass is 19.1. The maximum Gasteiger partial charge on any atom is 0.345 e. The van der Waals surface area contributed by atoms with E-state index in [0.29, 0.717) is 5.75 Å². The number of ether oxygens (including phenoxy) is 2. The third-order valence-electron chi connectivity index (χ3n) is 2.62. The van der Waals surface area contributed by atoms with Gasteiger partial charge in [0.1, 0.15) is 5.75 Å². The van der Waals surface area contributed by atoms with E-state index in [0.717, 1.165) is 6.20 Å². The summed E-state index contributed by atoms with van der Waals surface area (Å²) in [7, 11) is 4.98. The smallest absolute Gasteiger partial charge is 0.345 e. The van der Waals surface area contributed by atoms with Crippen molar-refractivity contribution in [3.8, 4) is 11.8 Å². The number of nitrogens with zero attached hydrogens (tertiary/aromatic N) is 4. The molecule has 0 aliphatic heterocycles. The summed E-state index contributed by atoms with van der Waals surface area (Å²) in [6.07, 6.45) is 2.27. The zero-order valence-corrected chi connectivity index (χ0v) is 12.9. The fourth-order valence-corrected chi connectivity index (χ4v) is 1.52. The van der Waals surface area contributed by atoms with E-state index in [1.807, 2.05) is 0 Å². The highest BCUT2D eigenvalue weighted by Gasteiger charge is 2.13. The Hall–Kier alpha value is -3.03. The van der Waals surface area contributed by atoms with Gasteiger partial charge in [0.05, 0.1) is 25.2 Å². The van der Waals surface area contributed by atoms with Crippen molar-refractivity contribution in [1.82, 2.24) is 14.9 Å². The van der Waals surface area contributed by atoms with Crippen LogP contribution in [-0.2, 0) is 0 Å². The van der Waals surface area contributed by atoms with Gasteiger partial charge in [-0.2, -0.15) is 4.98 Å². The second-order valence-corrected chi connectivity index (χ2v) is 4.65. The molecule has 0 amide bonds. The molecule has 8 heteroatoms. The first-order valence-corrected chi connectivity index (χ1v) is 6.59. The quantitative estimate of drug-likeness (QED) is 0.477. The zero-order valence-electron chi connectivity index (χ0n) is 12.9. The van der Waals surface area contributed by atoms with Crippen LogP contribution in [0.25, 0.3) is 0 Å². The van der Waals surface area contributed by atoms with Gasteiger partial charge in [0.15, 0.2) is 11.6 Å². The Morgan fingerprint density at radius 3 is 2.61 bits per heavy atom. The first kappa shape index (κ1) is 16.3. The number of hydrogen-bond donors (Lipinski definition) is 0. The number of carbonyl (C=O) groups is 1. The molecule has 7 nitrogen and oxygen atoms in total. The highest BCUT2D eigenvalue weighted by Crippen LogP contribution is 2.17. The van der Waals surface area contributed by atoms with Crippen LogP contribution in [0.5, 0.6) is 11.8 Å². The summed E-state index contributed by atoms with van der Waals surface area (Å²) in [5.74, 6) is -0.986.